The first-order valence-corrected chi connectivity index (χ1v) is 6.70. The van der Waals surface area contributed by atoms with E-state index in [9.17, 15) is 0 Å². The third-order valence-electron chi connectivity index (χ3n) is 3.12. The van der Waals surface area contributed by atoms with Gasteiger partial charge in [-0.3, -0.25) is 0 Å². The van der Waals surface area contributed by atoms with Crippen molar-refractivity contribution in [2.24, 2.45) is 5.41 Å². The minimum atomic E-state index is 0.348. The van der Waals surface area contributed by atoms with E-state index in [2.05, 4.69) is 44.1 Å². The fraction of sp³-hybridized carbons (Fsp3) is 0.667. The van der Waals surface area contributed by atoms with Gasteiger partial charge >= 0.3 is 0 Å². The molecular formula is C15H26N2. The number of hydrogen-bond acceptors (Lipinski definition) is 2. The molecule has 0 saturated carbocycles. The van der Waals surface area contributed by atoms with E-state index in [0.717, 1.165) is 12.4 Å². The summed E-state index contributed by atoms with van der Waals surface area (Å²) in [5.74, 6) is 0.994. The van der Waals surface area contributed by atoms with Gasteiger partial charge in [-0.1, -0.05) is 40.0 Å². The quantitative estimate of drug-likeness (QED) is 0.707. The first-order chi connectivity index (χ1) is 8.03. The Bertz CT molecular complexity index is 331. The molecule has 1 rings (SSSR count). The number of hydrogen-bond donors (Lipinski definition) is 1. The van der Waals surface area contributed by atoms with Gasteiger partial charge in [-0.15, -0.1) is 0 Å². The maximum absolute atomic E-state index is 4.33. The third kappa shape index (κ3) is 5.71. The molecule has 17 heavy (non-hydrogen) atoms. The Morgan fingerprint density at radius 1 is 1.29 bits per heavy atom. The van der Waals surface area contributed by atoms with Gasteiger partial charge in [-0.05, 0) is 36.5 Å². The van der Waals surface area contributed by atoms with Crippen LogP contribution in [0.1, 0.15) is 52.0 Å². The highest BCUT2D eigenvalue weighted by atomic mass is 15.0. The summed E-state index contributed by atoms with van der Waals surface area (Å²) in [6.07, 6.45) is 7.10. The Balaban J connectivity index is 2.38. The SMILES string of the molecule is CCCCCC(C)(C)CNc1cc(C)ccn1. The summed E-state index contributed by atoms with van der Waals surface area (Å²) < 4.78 is 0. The monoisotopic (exact) mass is 234 g/mol. The predicted molar refractivity (Wildman–Crippen MR) is 75.4 cm³/mol. The van der Waals surface area contributed by atoms with Crippen LogP contribution in [0, 0.1) is 12.3 Å². The summed E-state index contributed by atoms with van der Waals surface area (Å²) in [4.78, 5) is 4.33. The van der Waals surface area contributed by atoms with Gasteiger partial charge in [0.25, 0.3) is 0 Å². The minimum Gasteiger partial charge on any atom is -0.370 e. The number of rotatable bonds is 7. The number of nitrogens with zero attached hydrogens (tertiary/aromatic N) is 1. The number of aromatic nitrogens is 1. The molecule has 0 atom stereocenters. The van der Waals surface area contributed by atoms with Crippen LogP contribution in [0.3, 0.4) is 0 Å². The molecule has 0 aliphatic rings. The number of nitrogens with one attached hydrogen (secondary N) is 1. The van der Waals surface area contributed by atoms with Crippen LogP contribution in [0.15, 0.2) is 18.3 Å². The van der Waals surface area contributed by atoms with Crippen molar-refractivity contribution in [1.29, 1.82) is 0 Å². The molecule has 96 valence electrons. The molecule has 1 N–H and O–H groups in total. The summed E-state index contributed by atoms with van der Waals surface area (Å²) in [6.45, 7) is 9.99. The first-order valence-electron chi connectivity index (χ1n) is 6.70. The lowest BCUT2D eigenvalue weighted by Gasteiger charge is -2.25. The predicted octanol–water partition coefficient (Wildman–Crippen LogP) is 4.41. The van der Waals surface area contributed by atoms with E-state index in [-0.39, 0.29) is 0 Å². The lowest BCUT2D eigenvalue weighted by Crippen LogP contribution is -2.23. The van der Waals surface area contributed by atoms with E-state index in [1.165, 1.54) is 31.2 Å². The van der Waals surface area contributed by atoms with E-state index in [1.54, 1.807) is 0 Å². The molecular weight excluding hydrogens is 208 g/mol. The molecule has 0 fully saturated rings. The topological polar surface area (TPSA) is 24.9 Å². The van der Waals surface area contributed by atoms with E-state index in [1.807, 2.05) is 12.3 Å². The van der Waals surface area contributed by atoms with Gasteiger partial charge in [0.1, 0.15) is 5.82 Å². The van der Waals surface area contributed by atoms with Crippen LogP contribution in [0.25, 0.3) is 0 Å². The Morgan fingerprint density at radius 3 is 2.71 bits per heavy atom. The zero-order chi connectivity index (χ0) is 12.7. The Labute approximate surface area is 106 Å². The summed E-state index contributed by atoms with van der Waals surface area (Å²) in [5.41, 5.74) is 1.60. The van der Waals surface area contributed by atoms with Gasteiger partial charge in [0, 0.05) is 12.7 Å². The number of unbranched alkanes of at least 4 members (excludes halogenated alkanes) is 2. The fourth-order valence-corrected chi connectivity index (χ4v) is 1.90. The molecule has 0 aliphatic carbocycles. The molecule has 0 amide bonds. The van der Waals surface area contributed by atoms with Crippen LogP contribution in [0.2, 0.25) is 0 Å². The highest BCUT2D eigenvalue weighted by Crippen LogP contribution is 2.24. The van der Waals surface area contributed by atoms with Gasteiger partial charge < -0.3 is 5.32 Å². The molecule has 0 aromatic carbocycles. The summed E-state index contributed by atoms with van der Waals surface area (Å²) in [5, 5.41) is 3.44. The molecule has 1 aromatic rings. The van der Waals surface area contributed by atoms with Gasteiger partial charge in [0.2, 0.25) is 0 Å². The van der Waals surface area contributed by atoms with E-state index in [4.69, 9.17) is 0 Å². The van der Waals surface area contributed by atoms with Crippen LogP contribution in [0.4, 0.5) is 5.82 Å². The van der Waals surface area contributed by atoms with Crippen molar-refractivity contribution in [2.75, 3.05) is 11.9 Å². The van der Waals surface area contributed by atoms with E-state index in [0.29, 0.717) is 5.41 Å². The molecule has 0 spiro atoms. The average Bonchev–Trinajstić information content (AvgIpc) is 2.27. The lowest BCUT2D eigenvalue weighted by molar-refractivity contribution is 0.342. The van der Waals surface area contributed by atoms with Gasteiger partial charge in [-0.2, -0.15) is 0 Å². The van der Waals surface area contributed by atoms with Gasteiger partial charge in [-0.25, -0.2) is 4.98 Å². The van der Waals surface area contributed by atoms with Crippen molar-refractivity contribution in [2.45, 2.75) is 53.4 Å². The van der Waals surface area contributed by atoms with Crippen molar-refractivity contribution in [1.82, 2.24) is 4.98 Å². The first kappa shape index (κ1) is 14.0. The average molecular weight is 234 g/mol. The highest BCUT2D eigenvalue weighted by Gasteiger charge is 2.16. The highest BCUT2D eigenvalue weighted by molar-refractivity contribution is 5.37. The van der Waals surface area contributed by atoms with Crippen molar-refractivity contribution in [3.05, 3.63) is 23.9 Å². The van der Waals surface area contributed by atoms with Crippen LogP contribution in [-0.2, 0) is 0 Å². The van der Waals surface area contributed by atoms with Crippen LogP contribution in [0.5, 0.6) is 0 Å². The number of aryl methyl sites for hydroxylation is 1. The fourth-order valence-electron chi connectivity index (χ4n) is 1.90. The molecule has 0 bridgehead atoms. The number of anilines is 1. The molecule has 1 heterocycles. The molecule has 0 aliphatic heterocycles. The van der Waals surface area contributed by atoms with Crippen LogP contribution >= 0.6 is 0 Å². The van der Waals surface area contributed by atoms with Crippen LogP contribution in [-0.4, -0.2) is 11.5 Å². The normalized spacial score (nSPS) is 11.5. The minimum absolute atomic E-state index is 0.348. The molecule has 2 heteroatoms. The van der Waals surface area contributed by atoms with Gasteiger partial charge in [0.15, 0.2) is 0 Å². The molecule has 0 unspecified atom stereocenters. The van der Waals surface area contributed by atoms with Crippen molar-refractivity contribution < 1.29 is 0 Å². The summed E-state index contributed by atoms with van der Waals surface area (Å²) >= 11 is 0. The zero-order valence-electron chi connectivity index (χ0n) is 11.7. The third-order valence-corrected chi connectivity index (χ3v) is 3.12. The summed E-state index contributed by atoms with van der Waals surface area (Å²) in [7, 11) is 0. The van der Waals surface area contributed by atoms with Gasteiger partial charge in [0.05, 0.1) is 0 Å². The summed E-state index contributed by atoms with van der Waals surface area (Å²) in [6, 6.07) is 4.12. The lowest BCUT2D eigenvalue weighted by atomic mass is 9.87. The van der Waals surface area contributed by atoms with E-state index < -0.39 is 0 Å². The Morgan fingerprint density at radius 2 is 2.06 bits per heavy atom. The molecule has 1 aromatic heterocycles. The Kier molecular flexibility index (Phi) is 5.46. The standard InChI is InChI=1S/C15H26N2/c1-5-6-7-9-15(3,4)12-17-14-11-13(2)8-10-16-14/h8,10-11H,5-7,9,12H2,1-4H3,(H,16,17). The maximum Gasteiger partial charge on any atom is 0.126 e. The Hall–Kier alpha value is -1.05. The molecule has 0 radical (unpaired) electrons. The smallest absolute Gasteiger partial charge is 0.126 e. The zero-order valence-corrected chi connectivity index (χ0v) is 11.7. The van der Waals surface area contributed by atoms with Crippen molar-refractivity contribution in [3.8, 4) is 0 Å². The second-order valence-corrected chi connectivity index (χ2v) is 5.69. The number of pyridine rings is 1. The largest absolute Gasteiger partial charge is 0.370 e. The van der Waals surface area contributed by atoms with Crippen molar-refractivity contribution in [3.63, 3.8) is 0 Å². The second-order valence-electron chi connectivity index (χ2n) is 5.69. The van der Waals surface area contributed by atoms with Crippen molar-refractivity contribution >= 4 is 5.82 Å². The second kappa shape index (κ2) is 6.63. The maximum atomic E-state index is 4.33. The molecule has 0 saturated heterocycles. The van der Waals surface area contributed by atoms with E-state index >= 15 is 0 Å². The van der Waals surface area contributed by atoms with Crippen LogP contribution < -0.4 is 5.32 Å². The molecule has 2 nitrogen and oxygen atoms in total.